The average molecular weight is 116 g/mol. The van der Waals surface area contributed by atoms with Crippen molar-refractivity contribution in [3.05, 3.63) is 0 Å². The molecule has 0 fully saturated rings. The van der Waals surface area contributed by atoms with E-state index in [1.165, 1.54) is 12.8 Å². The lowest BCUT2D eigenvalue weighted by Crippen LogP contribution is -2.01. The van der Waals surface area contributed by atoms with Gasteiger partial charge in [0.2, 0.25) is 0 Å². The van der Waals surface area contributed by atoms with Crippen LogP contribution < -0.4 is 0 Å². The molecule has 0 N–H and O–H groups in total. The lowest BCUT2D eigenvalue weighted by atomic mass is 10.1. The molecule has 1 nitrogen and oxygen atoms in total. The smallest absolute Gasteiger partial charge is 0.0487 e. The third-order valence-electron chi connectivity index (χ3n) is 1.23. The van der Waals surface area contributed by atoms with Crippen LogP contribution in [-0.2, 0) is 4.74 Å². The molecule has 1 atom stereocenters. The van der Waals surface area contributed by atoms with Crippen molar-refractivity contribution >= 4 is 0 Å². The monoisotopic (exact) mass is 116 g/mol. The Balaban J connectivity index is 2.92. The molecule has 50 valence electrons. The molecule has 0 aromatic rings. The second-order valence-electron chi connectivity index (χ2n) is 2.35. The molecule has 0 aliphatic heterocycles. The van der Waals surface area contributed by atoms with Crippen molar-refractivity contribution in [3.8, 4) is 0 Å². The molecule has 0 rings (SSSR count). The Morgan fingerprint density at radius 2 is 2.12 bits per heavy atom. The van der Waals surface area contributed by atoms with Gasteiger partial charge in [-0.05, 0) is 12.3 Å². The van der Waals surface area contributed by atoms with Gasteiger partial charge in [-0.1, -0.05) is 20.3 Å². The van der Waals surface area contributed by atoms with Crippen LogP contribution in [0.4, 0.5) is 0 Å². The molecule has 0 radical (unpaired) electrons. The summed E-state index contributed by atoms with van der Waals surface area (Å²) in [7, 11) is 1.76. The fourth-order valence-electron chi connectivity index (χ4n) is 0.861. The first-order chi connectivity index (χ1) is 3.81. The minimum absolute atomic E-state index is 0.741. The largest absolute Gasteiger partial charge is 0.384 e. The number of ether oxygens (including phenoxy) is 1. The maximum absolute atomic E-state index is 4.96. The van der Waals surface area contributed by atoms with Gasteiger partial charge < -0.3 is 4.74 Å². The Hall–Kier alpha value is -0.0400. The van der Waals surface area contributed by atoms with E-state index in [0.29, 0.717) is 0 Å². The molecule has 0 unspecified atom stereocenters. The molecule has 8 heavy (non-hydrogen) atoms. The highest BCUT2D eigenvalue weighted by Gasteiger charge is 1.96. The number of rotatable bonds is 4. The second kappa shape index (κ2) is 5.10. The van der Waals surface area contributed by atoms with Crippen LogP contribution in [0.5, 0.6) is 0 Å². The third kappa shape index (κ3) is 4.13. The van der Waals surface area contributed by atoms with E-state index in [0.717, 1.165) is 12.5 Å². The summed E-state index contributed by atoms with van der Waals surface area (Å²) in [5, 5.41) is 0. The fraction of sp³-hybridized carbons (Fsp3) is 1.00. The van der Waals surface area contributed by atoms with Crippen molar-refractivity contribution in [1.29, 1.82) is 0 Å². The molecule has 0 bridgehead atoms. The van der Waals surface area contributed by atoms with Crippen molar-refractivity contribution in [2.24, 2.45) is 5.92 Å². The maximum atomic E-state index is 4.96. The van der Waals surface area contributed by atoms with E-state index in [2.05, 4.69) is 13.8 Å². The molecule has 0 amide bonds. The molecular weight excluding hydrogens is 100 g/mol. The van der Waals surface area contributed by atoms with Gasteiger partial charge in [-0.2, -0.15) is 0 Å². The number of hydrogen-bond donors (Lipinski definition) is 0. The number of hydrogen-bond acceptors (Lipinski definition) is 1. The molecule has 0 saturated heterocycles. The van der Waals surface area contributed by atoms with E-state index < -0.39 is 0 Å². The predicted molar refractivity (Wildman–Crippen MR) is 35.9 cm³/mol. The van der Waals surface area contributed by atoms with Gasteiger partial charge >= 0.3 is 0 Å². The maximum Gasteiger partial charge on any atom is 0.0487 e. The van der Waals surface area contributed by atoms with E-state index in [4.69, 9.17) is 4.74 Å². The highest BCUT2D eigenvalue weighted by molar-refractivity contribution is 4.47. The summed E-state index contributed by atoms with van der Waals surface area (Å²) in [6, 6.07) is 0. The first-order valence-corrected chi connectivity index (χ1v) is 3.30. The van der Waals surface area contributed by atoms with Crippen LogP contribution in [0.25, 0.3) is 0 Å². The minimum atomic E-state index is 0.741. The van der Waals surface area contributed by atoms with Crippen molar-refractivity contribution in [2.75, 3.05) is 13.7 Å². The van der Waals surface area contributed by atoms with Crippen molar-refractivity contribution in [1.82, 2.24) is 0 Å². The summed E-state index contributed by atoms with van der Waals surface area (Å²) in [4.78, 5) is 0. The molecule has 0 aliphatic carbocycles. The summed E-state index contributed by atoms with van der Waals surface area (Å²) < 4.78 is 4.96. The number of methoxy groups -OCH3 is 1. The van der Waals surface area contributed by atoms with Gasteiger partial charge in [0.1, 0.15) is 0 Å². The molecule has 0 heterocycles. The molecule has 0 aromatic carbocycles. The first kappa shape index (κ1) is 7.96. The van der Waals surface area contributed by atoms with E-state index in [1.807, 2.05) is 0 Å². The minimum Gasteiger partial charge on any atom is -0.384 e. The topological polar surface area (TPSA) is 9.23 Å². The summed E-state index contributed by atoms with van der Waals surface area (Å²) >= 11 is 0. The van der Waals surface area contributed by atoms with Crippen LogP contribution in [0.3, 0.4) is 0 Å². The van der Waals surface area contributed by atoms with E-state index in [9.17, 15) is 0 Å². The highest BCUT2D eigenvalue weighted by Crippen LogP contribution is 2.03. The molecule has 0 aromatic heterocycles. The van der Waals surface area contributed by atoms with Crippen LogP contribution in [0.2, 0.25) is 0 Å². The van der Waals surface area contributed by atoms with Gasteiger partial charge in [-0.3, -0.25) is 0 Å². The third-order valence-corrected chi connectivity index (χ3v) is 1.23. The summed E-state index contributed by atoms with van der Waals surface area (Å²) in [5.74, 6) is 0.741. The quantitative estimate of drug-likeness (QED) is 0.546. The van der Waals surface area contributed by atoms with Gasteiger partial charge in [-0.15, -0.1) is 0 Å². The second-order valence-corrected chi connectivity index (χ2v) is 2.35. The Morgan fingerprint density at radius 3 is 2.50 bits per heavy atom. The Bertz CT molecular complexity index is 37.7. The first-order valence-electron chi connectivity index (χ1n) is 3.30. The Labute approximate surface area is 52.0 Å². The van der Waals surface area contributed by atoms with Gasteiger partial charge in [-0.25, -0.2) is 0 Å². The molecule has 1 heteroatoms. The Kier molecular flexibility index (Phi) is 5.08. The summed E-state index contributed by atoms with van der Waals surface area (Å²) in [5.41, 5.74) is 0. The van der Waals surface area contributed by atoms with Crippen LogP contribution in [0.15, 0.2) is 0 Å². The van der Waals surface area contributed by atoms with Crippen molar-refractivity contribution in [3.63, 3.8) is 0 Å². The molecular formula is C7H16O. The van der Waals surface area contributed by atoms with Gasteiger partial charge in [0.05, 0.1) is 0 Å². The van der Waals surface area contributed by atoms with E-state index >= 15 is 0 Å². The average Bonchev–Trinajstić information content (AvgIpc) is 1.68. The molecule has 0 saturated carbocycles. The molecule has 0 aliphatic rings. The van der Waals surface area contributed by atoms with Crippen LogP contribution in [0, 0.1) is 5.92 Å². The highest BCUT2D eigenvalue weighted by atomic mass is 16.5. The summed E-state index contributed by atoms with van der Waals surface area (Å²) in [6.45, 7) is 5.33. The van der Waals surface area contributed by atoms with E-state index in [-0.39, 0.29) is 0 Å². The SMILES string of the molecule is CCC[C@H](C)COC. The van der Waals surface area contributed by atoms with Crippen LogP contribution >= 0.6 is 0 Å². The normalized spacial score (nSPS) is 13.9. The van der Waals surface area contributed by atoms with Crippen molar-refractivity contribution in [2.45, 2.75) is 26.7 Å². The van der Waals surface area contributed by atoms with Gasteiger partial charge in [0.15, 0.2) is 0 Å². The molecule has 0 spiro atoms. The Morgan fingerprint density at radius 1 is 1.50 bits per heavy atom. The zero-order valence-electron chi connectivity index (χ0n) is 6.11. The lowest BCUT2D eigenvalue weighted by molar-refractivity contribution is 0.155. The standard InChI is InChI=1S/C7H16O/c1-4-5-7(2)6-8-3/h7H,4-6H2,1-3H3/t7-/m0/s1. The predicted octanol–water partition coefficient (Wildman–Crippen LogP) is 2.07. The fourth-order valence-corrected chi connectivity index (χ4v) is 0.861. The van der Waals surface area contributed by atoms with Crippen LogP contribution in [-0.4, -0.2) is 13.7 Å². The lowest BCUT2D eigenvalue weighted by Gasteiger charge is -2.06. The van der Waals surface area contributed by atoms with Crippen molar-refractivity contribution < 1.29 is 4.74 Å². The summed E-state index contributed by atoms with van der Waals surface area (Å²) in [6.07, 6.45) is 2.55. The van der Waals surface area contributed by atoms with Crippen LogP contribution in [0.1, 0.15) is 26.7 Å². The zero-order chi connectivity index (χ0) is 6.41. The van der Waals surface area contributed by atoms with E-state index in [1.54, 1.807) is 7.11 Å². The van der Waals surface area contributed by atoms with Gasteiger partial charge in [0, 0.05) is 13.7 Å². The zero-order valence-corrected chi connectivity index (χ0v) is 6.11. The van der Waals surface area contributed by atoms with Gasteiger partial charge in [0.25, 0.3) is 0 Å².